The quantitative estimate of drug-likeness (QED) is 0.172. The highest BCUT2D eigenvalue weighted by Crippen LogP contribution is 2.49. The highest BCUT2D eigenvalue weighted by molar-refractivity contribution is 7.17. The summed E-state index contributed by atoms with van der Waals surface area (Å²) in [5.74, 6) is 0.923. The number of rotatable bonds is 4. The summed E-state index contributed by atoms with van der Waals surface area (Å²) < 4.78 is 8.50. The fourth-order valence-corrected chi connectivity index (χ4v) is 9.21. The molecule has 9 aromatic rings. The van der Waals surface area contributed by atoms with Gasteiger partial charge in [-0.05, 0) is 104 Å². The van der Waals surface area contributed by atoms with Gasteiger partial charge >= 0.3 is 6.92 Å². The van der Waals surface area contributed by atoms with E-state index in [0.717, 1.165) is 28.4 Å². The summed E-state index contributed by atoms with van der Waals surface area (Å²) in [6.45, 7) is -0.271. The van der Waals surface area contributed by atoms with Gasteiger partial charge < -0.3 is 9.55 Å². The Kier molecular flexibility index (Phi) is 6.55. The van der Waals surface area contributed by atoms with E-state index in [0.29, 0.717) is 0 Å². The minimum absolute atomic E-state index is 0.271. The average Bonchev–Trinajstić information content (AvgIpc) is 3.70. The summed E-state index contributed by atoms with van der Waals surface area (Å²) in [6, 6.07) is 63.9. The summed E-state index contributed by atoms with van der Waals surface area (Å²) in [5.41, 5.74) is 15.4. The smallest absolute Gasteiger partial charge is 0.432 e. The predicted octanol–water partition coefficient (Wildman–Crippen LogP) is 12.0. The molecule has 0 atom stereocenters. The number of benzene rings is 8. The maximum Gasteiger partial charge on any atom is 0.432 e. The summed E-state index contributed by atoms with van der Waals surface area (Å²) in [4.78, 5) is 2.50. The third-order valence-electron chi connectivity index (χ3n) is 10.7. The molecule has 3 heterocycles. The van der Waals surface area contributed by atoms with E-state index >= 15 is 0 Å². The van der Waals surface area contributed by atoms with Gasteiger partial charge in [0.2, 0.25) is 0 Å². The molecule has 8 aromatic carbocycles. The Bertz CT molecular complexity index is 2770. The van der Waals surface area contributed by atoms with Crippen molar-refractivity contribution < 1.29 is 4.65 Å². The van der Waals surface area contributed by atoms with Gasteiger partial charge in [-0.3, -0.25) is 0 Å². The Balaban J connectivity index is 1.24. The molecule has 242 valence electrons. The summed E-state index contributed by atoms with van der Waals surface area (Å²) >= 11 is 1.80. The zero-order valence-corrected chi connectivity index (χ0v) is 29.0. The van der Waals surface area contributed by atoms with Crippen LogP contribution >= 0.6 is 11.3 Å². The Morgan fingerprint density at radius 3 is 1.83 bits per heavy atom. The van der Waals surface area contributed by atoms with Gasteiger partial charge in [0.15, 0.2) is 0 Å². The molecule has 0 spiro atoms. The van der Waals surface area contributed by atoms with Gasteiger partial charge in [-0.15, -0.1) is 11.3 Å². The van der Waals surface area contributed by atoms with Gasteiger partial charge in [-0.1, -0.05) is 127 Å². The van der Waals surface area contributed by atoms with Crippen LogP contribution in [0.2, 0.25) is 0 Å². The van der Waals surface area contributed by atoms with Crippen molar-refractivity contribution in [2.45, 2.75) is 0 Å². The van der Waals surface area contributed by atoms with Crippen LogP contribution in [0.5, 0.6) is 5.75 Å². The number of anilines is 3. The first-order valence-corrected chi connectivity index (χ1v) is 18.6. The molecule has 0 aliphatic carbocycles. The van der Waals surface area contributed by atoms with E-state index in [1.807, 2.05) is 0 Å². The van der Waals surface area contributed by atoms with Crippen LogP contribution in [0.15, 0.2) is 181 Å². The first-order chi connectivity index (χ1) is 25.8. The molecule has 2 aliphatic heterocycles. The molecular weight excluding hydrogens is 649 g/mol. The van der Waals surface area contributed by atoms with Crippen molar-refractivity contribution in [3.63, 3.8) is 0 Å². The first-order valence-electron chi connectivity index (χ1n) is 17.8. The minimum atomic E-state index is -0.271. The SMILES string of the molecule is c1ccc(-c2cc(-c3ccccc3)cc(N3c4cc5sccc5c5c4B(Oc4ccc(-c6ccccc6)cc4-5)c4c3ccc3ccccc43)c2)cc1. The molecule has 2 aliphatic rings. The minimum Gasteiger partial charge on any atom is -0.551 e. The zero-order chi connectivity index (χ0) is 34.2. The van der Waals surface area contributed by atoms with E-state index in [1.54, 1.807) is 11.3 Å². The van der Waals surface area contributed by atoms with Crippen LogP contribution in [0.25, 0.3) is 65.4 Å². The van der Waals surface area contributed by atoms with Gasteiger partial charge in [0, 0.05) is 43.6 Å². The lowest BCUT2D eigenvalue weighted by atomic mass is 9.48. The molecule has 1 aromatic heterocycles. The van der Waals surface area contributed by atoms with Crippen LogP contribution in [0.1, 0.15) is 0 Å². The average molecular weight is 680 g/mol. The van der Waals surface area contributed by atoms with Crippen LogP contribution in [0.4, 0.5) is 17.1 Å². The van der Waals surface area contributed by atoms with Crippen LogP contribution < -0.4 is 20.5 Å². The lowest BCUT2D eigenvalue weighted by molar-refractivity contribution is 0.590. The first kappa shape index (κ1) is 29.4. The Morgan fingerprint density at radius 2 is 1.12 bits per heavy atom. The van der Waals surface area contributed by atoms with Gasteiger partial charge in [-0.2, -0.15) is 0 Å². The molecule has 11 rings (SSSR count). The van der Waals surface area contributed by atoms with Crippen molar-refractivity contribution in [3.8, 4) is 50.3 Å². The maximum absolute atomic E-state index is 7.24. The van der Waals surface area contributed by atoms with E-state index in [9.17, 15) is 0 Å². The van der Waals surface area contributed by atoms with Gasteiger partial charge in [-0.25, -0.2) is 0 Å². The van der Waals surface area contributed by atoms with E-state index < -0.39 is 0 Å². The normalized spacial score (nSPS) is 12.7. The fraction of sp³-hybridized carbons (Fsp3) is 0. The zero-order valence-electron chi connectivity index (χ0n) is 28.2. The second-order valence-electron chi connectivity index (χ2n) is 13.6. The monoisotopic (exact) mass is 679 g/mol. The number of thiophene rings is 1. The molecule has 0 amide bonds. The van der Waals surface area contributed by atoms with Crippen LogP contribution in [0, 0.1) is 0 Å². The van der Waals surface area contributed by atoms with Crippen LogP contribution in [-0.2, 0) is 0 Å². The number of hydrogen-bond acceptors (Lipinski definition) is 3. The molecule has 0 saturated heterocycles. The molecule has 52 heavy (non-hydrogen) atoms. The third kappa shape index (κ3) is 4.51. The predicted molar refractivity (Wildman–Crippen MR) is 221 cm³/mol. The molecule has 2 nitrogen and oxygen atoms in total. The topological polar surface area (TPSA) is 12.5 Å². The van der Waals surface area contributed by atoms with Crippen molar-refractivity contribution in [1.82, 2.24) is 0 Å². The summed E-state index contributed by atoms with van der Waals surface area (Å²) in [6.07, 6.45) is 0. The van der Waals surface area contributed by atoms with Gasteiger partial charge in [0.1, 0.15) is 5.75 Å². The number of nitrogens with zero attached hydrogens (tertiary/aromatic N) is 1. The molecular formula is C48H30BNOS. The van der Waals surface area contributed by atoms with Crippen molar-refractivity contribution in [2.75, 3.05) is 4.90 Å². The van der Waals surface area contributed by atoms with Crippen molar-refractivity contribution >= 4 is 67.1 Å². The Morgan fingerprint density at radius 1 is 0.462 bits per heavy atom. The fourth-order valence-electron chi connectivity index (χ4n) is 8.38. The van der Waals surface area contributed by atoms with Crippen LogP contribution in [-0.4, -0.2) is 6.92 Å². The van der Waals surface area contributed by atoms with E-state index in [1.165, 1.54) is 70.7 Å². The van der Waals surface area contributed by atoms with E-state index in [-0.39, 0.29) is 6.92 Å². The molecule has 0 radical (unpaired) electrons. The lowest BCUT2D eigenvalue weighted by Crippen LogP contribution is -2.56. The van der Waals surface area contributed by atoms with Crippen LogP contribution in [0.3, 0.4) is 0 Å². The molecule has 4 heteroatoms. The standard InChI is InChI=1S/C48H30BNOS/c1-4-12-31(13-5-1)35-21-23-44-41(29-35)46-40-24-25-52-45(40)30-43-48(46)49(51-44)47-39-19-11-10-18-34(39)20-22-42(47)50(43)38-27-36(32-14-6-2-7-15-32)26-37(28-38)33-16-8-3-9-17-33/h1-30H. The molecule has 0 saturated carbocycles. The third-order valence-corrected chi connectivity index (χ3v) is 11.6. The Labute approximate surface area is 306 Å². The molecule has 0 N–H and O–H groups in total. The highest BCUT2D eigenvalue weighted by Gasteiger charge is 2.44. The molecule has 0 bridgehead atoms. The summed E-state index contributed by atoms with van der Waals surface area (Å²) in [7, 11) is 0. The van der Waals surface area contributed by atoms with Crippen molar-refractivity contribution in [3.05, 3.63) is 181 Å². The lowest BCUT2D eigenvalue weighted by Gasteiger charge is -2.40. The second-order valence-corrected chi connectivity index (χ2v) is 14.6. The van der Waals surface area contributed by atoms with E-state index in [2.05, 4.69) is 186 Å². The van der Waals surface area contributed by atoms with Crippen molar-refractivity contribution in [2.24, 2.45) is 0 Å². The van der Waals surface area contributed by atoms with Gasteiger partial charge in [0.25, 0.3) is 0 Å². The largest absolute Gasteiger partial charge is 0.551 e. The summed E-state index contributed by atoms with van der Waals surface area (Å²) in [5, 5.41) is 5.92. The number of fused-ring (bicyclic) bond motifs is 8. The molecule has 0 fully saturated rings. The maximum atomic E-state index is 7.24. The second kappa shape index (κ2) is 11.6. The molecule has 0 unspecified atom stereocenters. The van der Waals surface area contributed by atoms with E-state index in [4.69, 9.17) is 4.65 Å². The van der Waals surface area contributed by atoms with Crippen molar-refractivity contribution in [1.29, 1.82) is 0 Å². The number of hydrogen-bond donors (Lipinski definition) is 0. The van der Waals surface area contributed by atoms with Gasteiger partial charge in [0.05, 0.1) is 0 Å². The highest BCUT2D eigenvalue weighted by atomic mass is 32.1. The Hall–Kier alpha value is -6.36.